The molecule has 2 heterocycles. The SMILES string of the molecule is COC(=O)c1c(C)[nH]c2ccc(C)cc2c1=O.COC(=O)c1c(C)nc2ccc(C)cc2c1Cl.O=P(Cl)(Cl)Cl. The first-order valence-corrected chi connectivity index (χ1v) is 15.9. The van der Waals surface area contributed by atoms with E-state index in [2.05, 4.69) is 48.4 Å². The van der Waals surface area contributed by atoms with Crippen molar-refractivity contribution in [3.63, 3.8) is 0 Å². The highest BCUT2D eigenvalue weighted by Gasteiger charge is 2.18. The predicted molar refractivity (Wildman–Crippen MR) is 158 cm³/mol. The molecule has 0 atom stereocenters. The van der Waals surface area contributed by atoms with Gasteiger partial charge in [0.05, 0.1) is 30.5 Å². The number of H-pyrrole nitrogens is 1. The minimum atomic E-state index is -3.22. The normalized spacial score (nSPS) is 10.7. The lowest BCUT2D eigenvalue weighted by molar-refractivity contribution is 0.0590. The molecule has 0 saturated carbocycles. The van der Waals surface area contributed by atoms with Crippen LogP contribution in [0.15, 0.2) is 41.2 Å². The van der Waals surface area contributed by atoms with E-state index in [0.717, 1.165) is 27.5 Å². The standard InChI is InChI=1S/C13H12ClNO2.C13H13NO3.Cl3OP/c1-7-4-5-10-9(6-7)12(14)11(8(2)15-10)13(16)17-3;1-7-4-5-10-9(6-7)12(15)11(8(2)14-10)13(16)17-3;1-5(2,3)4/h4-6H,1-3H3;4-6H,1-3H3,(H,14,15);. The number of ether oxygens (including phenoxy) is 2. The summed E-state index contributed by atoms with van der Waals surface area (Å²) in [6.07, 6.45) is 0. The minimum Gasteiger partial charge on any atom is -0.465 e. The smallest absolute Gasteiger partial charge is 0.343 e. The average Bonchev–Trinajstić information content (AvgIpc) is 2.84. The lowest BCUT2D eigenvalue weighted by Crippen LogP contribution is -2.19. The van der Waals surface area contributed by atoms with Crippen molar-refractivity contribution >= 4 is 84.3 Å². The zero-order valence-corrected chi connectivity index (χ0v) is 25.7. The number of benzene rings is 2. The maximum absolute atomic E-state index is 12.2. The molecule has 4 rings (SSSR count). The van der Waals surface area contributed by atoms with Crippen LogP contribution in [0.25, 0.3) is 21.8 Å². The first-order chi connectivity index (χ1) is 18.1. The Labute approximate surface area is 244 Å². The molecular weight excluding hydrogens is 609 g/mol. The van der Waals surface area contributed by atoms with Crippen molar-refractivity contribution in [3.05, 3.63) is 85.3 Å². The first kappa shape index (κ1) is 32.6. The molecular formula is C26H25Cl4N2O6P. The Morgan fingerprint density at radius 3 is 1.87 bits per heavy atom. The van der Waals surface area contributed by atoms with Crippen molar-refractivity contribution in [2.75, 3.05) is 14.2 Å². The largest absolute Gasteiger partial charge is 0.465 e. The molecule has 2 aromatic heterocycles. The highest BCUT2D eigenvalue weighted by atomic mass is 36.0. The fraction of sp³-hybridized carbons (Fsp3) is 0.231. The fourth-order valence-electron chi connectivity index (χ4n) is 3.66. The van der Waals surface area contributed by atoms with Gasteiger partial charge in [-0.2, -0.15) is 0 Å². The van der Waals surface area contributed by atoms with Gasteiger partial charge in [-0.05, 0) is 85.7 Å². The summed E-state index contributed by atoms with van der Waals surface area (Å²) in [6, 6.07) is 11.3. The van der Waals surface area contributed by atoms with E-state index < -0.39 is 17.1 Å². The van der Waals surface area contributed by atoms with Gasteiger partial charge in [-0.25, -0.2) is 9.59 Å². The molecule has 0 aliphatic carbocycles. The number of aryl methyl sites for hydroxylation is 4. The van der Waals surface area contributed by atoms with Crippen molar-refractivity contribution < 1.29 is 23.6 Å². The molecule has 0 aliphatic heterocycles. The van der Waals surface area contributed by atoms with Crippen molar-refractivity contribution in [2.24, 2.45) is 0 Å². The lowest BCUT2D eigenvalue weighted by atomic mass is 10.1. The predicted octanol–water partition coefficient (Wildman–Crippen LogP) is 8.03. The number of hydrogen-bond donors (Lipinski definition) is 1. The van der Waals surface area contributed by atoms with Crippen LogP contribution in [0.5, 0.6) is 0 Å². The van der Waals surface area contributed by atoms with Crippen molar-refractivity contribution in [1.29, 1.82) is 0 Å². The summed E-state index contributed by atoms with van der Waals surface area (Å²) in [6.45, 7) is 7.30. The molecule has 0 fully saturated rings. The molecule has 1 N–H and O–H groups in total. The van der Waals surface area contributed by atoms with Gasteiger partial charge in [0.2, 0.25) is 5.43 Å². The number of hydrogen-bond acceptors (Lipinski definition) is 7. The van der Waals surface area contributed by atoms with Gasteiger partial charge in [-0.15, -0.1) is 0 Å². The molecule has 39 heavy (non-hydrogen) atoms. The Balaban J connectivity index is 0.000000234. The summed E-state index contributed by atoms with van der Waals surface area (Å²) in [4.78, 5) is 42.8. The molecule has 13 heteroatoms. The second kappa shape index (κ2) is 13.6. The maximum Gasteiger partial charge on any atom is 0.343 e. The summed E-state index contributed by atoms with van der Waals surface area (Å²) in [5.41, 5.74) is 4.79. The van der Waals surface area contributed by atoms with Crippen LogP contribution in [0.4, 0.5) is 0 Å². The number of nitrogens with one attached hydrogen (secondary N) is 1. The quantitative estimate of drug-likeness (QED) is 0.175. The van der Waals surface area contributed by atoms with Gasteiger partial charge in [-0.3, -0.25) is 14.3 Å². The van der Waals surface area contributed by atoms with Gasteiger partial charge in [0.1, 0.15) is 11.1 Å². The van der Waals surface area contributed by atoms with E-state index in [0.29, 0.717) is 27.4 Å². The molecule has 0 amide bonds. The zero-order chi connectivity index (χ0) is 29.7. The van der Waals surface area contributed by atoms with E-state index in [1.807, 2.05) is 44.2 Å². The van der Waals surface area contributed by atoms with E-state index in [1.54, 1.807) is 19.9 Å². The Bertz CT molecular complexity index is 1660. The van der Waals surface area contributed by atoms with Gasteiger partial charge in [0, 0.05) is 22.0 Å². The number of fused-ring (bicyclic) bond motifs is 2. The molecule has 0 unspecified atom stereocenters. The fourth-order valence-corrected chi connectivity index (χ4v) is 4.03. The summed E-state index contributed by atoms with van der Waals surface area (Å²) < 4.78 is 18.8. The van der Waals surface area contributed by atoms with Gasteiger partial charge in [0.25, 0.3) is 0 Å². The van der Waals surface area contributed by atoms with Crippen LogP contribution >= 0.6 is 50.5 Å². The molecule has 8 nitrogen and oxygen atoms in total. The van der Waals surface area contributed by atoms with Crippen LogP contribution < -0.4 is 5.43 Å². The molecule has 0 aliphatic rings. The molecule has 0 saturated heterocycles. The number of methoxy groups -OCH3 is 2. The third-order valence-electron chi connectivity index (χ3n) is 5.38. The van der Waals surface area contributed by atoms with E-state index >= 15 is 0 Å². The first-order valence-electron chi connectivity index (χ1n) is 11.1. The van der Waals surface area contributed by atoms with Crippen LogP contribution in [0, 0.1) is 27.7 Å². The number of aromatic amines is 1. The molecule has 0 radical (unpaired) electrons. The number of nitrogens with zero attached hydrogens (tertiary/aromatic N) is 1. The third-order valence-corrected chi connectivity index (χ3v) is 5.77. The summed E-state index contributed by atoms with van der Waals surface area (Å²) >= 11 is 20.1. The molecule has 2 aromatic carbocycles. The molecule has 0 spiro atoms. The number of aromatic nitrogens is 2. The van der Waals surface area contributed by atoms with Crippen molar-refractivity contribution in [3.8, 4) is 0 Å². The second-order valence-electron chi connectivity index (χ2n) is 8.29. The summed E-state index contributed by atoms with van der Waals surface area (Å²) in [5, 5.41) is -1.53. The number of carbonyl (C=O) groups is 2. The van der Waals surface area contributed by atoms with Crippen LogP contribution in [-0.4, -0.2) is 36.1 Å². The monoisotopic (exact) mass is 632 g/mol. The topological polar surface area (TPSA) is 115 Å². The van der Waals surface area contributed by atoms with E-state index in [4.69, 9.17) is 16.3 Å². The Hall–Kier alpha value is -2.61. The van der Waals surface area contributed by atoms with E-state index in [-0.39, 0.29) is 11.0 Å². The summed E-state index contributed by atoms with van der Waals surface area (Å²) in [5.74, 6) is -1.06. The number of esters is 2. The van der Waals surface area contributed by atoms with E-state index in [1.165, 1.54) is 14.2 Å². The van der Waals surface area contributed by atoms with Gasteiger partial charge < -0.3 is 14.5 Å². The van der Waals surface area contributed by atoms with Gasteiger partial charge >= 0.3 is 17.1 Å². The Morgan fingerprint density at radius 1 is 0.846 bits per heavy atom. The highest BCUT2D eigenvalue weighted by Crippen LogP contribution is 2.61. The maximum atomic E-state index is 12.2. The van der Waals surface area contributed by atoms with Crippen LogP contribution in [0.1, 0.15) is 43.2 Å². The van der Waals surface area contributed by atoms with Crippen molar-refractivity contribution in [2.45, 2.75) is 27.7 Å². The van der Waals surface area contributed by atoms with Crippen LogP contribution in [-0.2, 0) is 14.0 Å². The third kappa shape index (κ3) is 8.69. The number of carbonyl (C=O) groups excluding carboxylic acids is 2. The zero-order valence-electron chi connectivity index (χ0n) is 21.8. The van der Waals surface area contributed by atoms with Crippen LogP contribution in [0.2, 0.25) is 5.02 Å². The average molecular weight is 634 g/mol. The second-order valence-corrected chi connectivity index (χ2v) is 15.3. The van der Waals surface area contributed by atoms with Crippen LogP contribution in [0.3, 0.4) is 0 Å². The number of rotatable bonds is 2. The molecule has 208 valence electrons. The molecule has 0 bridgehead atoms. The Morgan fingerprint density at radius 2 is 1.33 bits per heavy atom. The molecule has 4 aromatic rings. The van der Waals surface area contributed by atoms with Gasteiger partial charge in [0.15, 0.2) is 0 Å². The Kier molecular flexibility index (Phi) is 11.4. The van der Waals surface area contributed by atoms with Gasteiger partial charge in [-0.1, -0.05) is 34.9 Å². The van der Waals surface area contributed by atoms with E-state index in [9.17, 15) is 18.9 Å². The minimum absolute atomic E-state index is 0.0746. The van der Waals surface area contributed by atoms with Crippen molar-refractivity contribution in [1.82, 2.24) is 9.97 Å². The number of halogens is 4. The summed E-state index contributed by atoms with van der Waals surface area (Å²) in [7, 11) is 2.60. The lowest BCUT2D eigenvalue weighted by Gasteiger charge is -2.09. The highest BCUT2D eigenvalue weighted by molar-refractivity contribution is 8.24. The number of pyridine rings is 2.